The van der Waals surface area contributed by atoms with Gasteiger partial charge in [0.15, 0.2) is 0 Å². The van der Waals surface area contributed by atoms with Crippen molar-refractivity contribution in [2.24, 2.45) is 0 Å². The van der Waals surface area contributed by atoms with Gasteiger partial charge < -0.3 is 20.7 Å². The molecule has 2 saturated heterocycles. The summed E-state index contributed by atoms with van der Waals surface area (Å²) in [6, 6.07) is -0.00477. The Morgan fingerprint density at radius 2 is 2.12 bits per heavy atom. The third-order valence-electron chi connectivity index (χ3n) is 2.87. The quantitative estimate of drug-likeness (QED) is 0.586. The number of amides is 3. The molecule has 0 bridgehead atoms. The standard InChI is InChI=1S/C10H17N3O3/c14-9-2-1-7(5-11-9)12-10(15)13-8-3-4-16-6-8/h7-8H,1-6H2,(H,11,14)(H2,12,13,15). The minimum Gasteiger partial charge on any atom is -0.379 e. The van der Waals surface area contributed by atoms with E-state index < -0.39 is 0 Å². The fraction of sp³-hybridized carbons (Fsp3) is 0.800. The Balaban J connectivity index is 1.68. The van der Waals surface area contributed by atoms with E-state index in [1.165, 1.54) is 0 Å². The summed E-state index contributed by atoms with van der Waals surface area (Å²) < 4.78 is 5.16. The summed E-state index contributed by atoms with van der Waals surface area (Å²) in [5.41, 5.74) is 0. The topological polar surface area (TPSA) is 79.5 Å². The second kappa shape index (κ2) is 5.16. The van der Waals surface area contributed by atoms with E-state index in [2.05, 4.69) is 16.0 Å². The van der Waals surface area contributed by atoms with Gasteiger partial charge in [-0.2, -0.15) is 0 Å². The van der Waals surface area contributed by atoms with Gasteiger partial charge in [0, 0.05) is 25.6 Å². The Morgan fingerprint density at radius 1 is 1.31 bits per heavy atom. The maximum Gasteiger partial charge on any atom is 0.315 e. The van der Waals surface area contributed by atoms with E-state index in [9.17, 15) is 9.59 Å². The van der Waals surface area contributed by atoms with Crippen molar-refractivity contribution in [3.8, 4) is 0 Å². The van der Waals surface area contributed by atoms with E-state index in [4.69, 9.17) is 4.74 Å². The first-order valence-corrected chi connectivity index (χ1v) is 5.65. The normalized spacial score (nSPS) is 29.6. The molecule has 0 aromatic heterocycles. The van der Waals surface area contributed by atoms with Crippen molar-refractivity contribution in [2.45, 2.75) is 31.3 Å². The molecule has 0 aliphatic carbocycles. The predicted octanol–water partition coefficient (Wildman–Crippen LogP) is -0.647. The maximum atomic E-state index is 11.6. The molecule has 0 aromatic rings. The van der Waals surface area contributed by atoms with Gasteiger partial charge in [0.25, 0.3) is 0 Å². The van der Waals surface area contributed by atoms with Crippen LogP contribution in [-0.2, 0) is 9.53 Å². The molecule has 0 radical (unpaired) electrons. The molecule has 2 aliphatic heterocycles. The van der Waals surface area contributed by atoms with Crippen molar-refractivity contribution in [3.63, 3.8) is 0 Å². The summed E-state index contributed by atoms with van der Waals surface area (Å²) in [7, 11) is 0. The fourth-order valence-electron chi connectivity index (χ4n) is 1.92. The third kappa shape index (κ3) is 3.10. The van der Waals surface area contributed by atoms with E-state index >= 15 is 0 Å². The number of piperidine rings is 1. The number of hydrogen-bond acceptors (Lipinski definition) is 3. The summed E-state index contributed by atoms with van der Waals surface area (Å²) >= 11 is 0. The Kier molecular flexibility index (Phi) is 3.61. The fourth-order valence-corrected chi connectivity index (χ4v) is 1.92. The zero-order valence-corrected chi connectivity index (χ0v) is 9.12. The van der Waals surface area contributed by atoms with Crippen molar-refractivity contribution in [3.05, 3.63) is 0 Å². The highest BCUT2D eigenvalue weighted by Crippen LogP contribution is 2.04. The van der Waals surface area contributed by atoms with Crippen LogP contribution < -0.4 is 16.0 Å². The highest BCUT2D eigenvalue weighted by molar-refractivity contribution is 5.78. The summed E-state index contributed by atoms with van der Waals surface area (Å²) in [6.07, 6.45) is 2.06. The molecule has 2 atom stereocenters. The SMILES string of the molecule is O=C1CCC(NC(=O)NC2CCOC2)CN1. The summed E-state index contributed by atoms with van der Waals surface area (Å²) in [5.74, 6) is 0.0580. The molecule has 6 heteroatoms. The van der Waals surface area contributed by atoms with Crippen LogP contribution in [0, 0.1) is 0 Å². The molecule has 2 heterocycles. The Labute approximate surface area is 94.1 Å². The van der Waals surface area contributed by atoms with Gasteiger partial charge in [-0.1, -0.05) is 0 Å². The molecule has 0 spiro atoms. The lowest BCUT2D eigenvalue weighted by atomic mass is 10.1. The zero-order chi connectivity index (χ0) is 11.4. The molecular weight excluding hydrogens is 210 g/mol. The van der Waals surface area contributed by atoms with Crippen LogP contribution in [0.5, 0.6) is 0 Å². The third-order valence-corrected chi connectivity index (χ3v) is 2.87. The molecule has 0 aromatic carbocycles. The van der Waals surface area contributed by atoms with E-state index in [0.29, 0.717) is 32.6 Å². The molecule has 16 heavy (non-hydrogen) atoms. The number of carbonyl (C=O) groups is 2. The van der Waals surface area contributed by atoms with Crippen LogP contribution in [-0.4, -0.2) is 43.8 Å². The highest BCUT2D eigenvalue weighted by atomic mass is 16.5. The number of carbonyl (C=O) groups excluding carboxylic acids is 2. The molecule has 2 rings (SSSR count). The van der Waals surface area contributed by atoms with Gasteiger partial charge in [0.2, 0.25) is 5.91 Å². The second-order valence-electron chi connectivity index (χ2n) is 4.22. The lowest BCUT2D eigenvalue weighted by Gasteiger charge is -2.24. The molecule has 2 unspecified atom stereocenters. The highest BCUT2D eigenvalue weighted by Gasteiger charge is 2.22. The summed E-state index contributed by atoms with van der Waals surface area (Å²) in [6.45, 7) is 1.83. The molecule has 3 N–H and O–H groups in total. The summed E-state index contributed by atoms with van der Waals surface area (Å²) in [4.78, 5) is 22.5. The van der Waals surface area contributed by atoms with Crippen molar-refractivity contribution in [1.29, 1.82) is 0 Å². The lowest BCUT2D eigenvalue weighted by Crippen LogP contribution is -2.52. The van der Waals surface area contributed by atoms with Crippen LogP contribution in [0.25, 0.3) is 0 Å². The Morgan fingerprint density at radius 3 is 2.75 bits per heavy atom. The average molecular weight is 227 g/mol. The van der Waals surface area contributed by atoms with Gasteiger partial charge in [-0.25, -0.2) is 4.79 Å². The molecule has 0 saturated carbocycles. The van der Waals surface area contributed by atoms with Crippen molar-refractivity contribution < 1.29 is 14.3 Å². The lowest BCUT2D eigenvalue weighted by molar-refractivity contribution is -0.122. The number of urea groups is 1. The minimum absolute atomic E-state index is 0.0417. The molecule has 3 amide bonds. The van der Waals surface area contributed by atoms with Crippen LogP contribution in [0.1, 0.15) is 19.3 Å². The largest absolute Gasteiger partial charge is 0.379 e. The Bertz CT molecular complexity index is 266. The monoisotopic (exact) mass is 227 g/mol. The van der Waals surface area contributed by atoms with Crippen molar-refractivity contribution in [2.75, 3.05) is 19.8 Å². The molecular formula is C10H17N3O3. The minimum atomic E-state index is -0.170. The number of rotatable bonds is 2. The van der Waals surface area contributed by atoms with Gasteiger partial charge in [-0.05, 0) is 12.8 Å². The average Bonchev–Trinajstić information content (AvgIpc) is 2.74. The Hall–Kier alpha value is -1.30. The van der Waals surface area contributed by atoms with Crippen LogP contribution in [0.4, 0.5) is 4.79 Å². The van der Waals surface area contributed by atoms with E-state index in [1.807, 2.05) is 0 Å². The van der Waals surface area contributed by atoms with Gasteiger partial charge in [0.05, 0.1) is 12.6 Å². The molecule has 90 valence electrons. The van der Waals surface area contributed by atoms with E-state index in [0.717, 1.165) is 6.42 Å². The predicted molar refractivity (Wildman–Crippen MR) is 56.9 cm³/mol. The van der Waals surface area contributed by atoms with Gasteiger partial charge in [-0.3, -0.25) is 4.79 Å². The first-order chi connectivity index (χ1) is 7.74. The molecule has 6 nitrogen and oxygen atoms in total. The van der Waals surface area contributed by atoms with Crippen LogP contribution in [0.3, 0.4) is 0 Å². The zero-order valence-electron chi connectivity index (χ0n) is 9.12. The van der Waals surface area contributed by atoms with Crippen LogP contribution >= 0.6 is 0 Å². The summed E-state index contributed by atoms with van der Waals surface area (Å²) in [5, 5.41) is 8.42. The molecule has 2 fully saturated rings. The van der Waals surface area contributed by atoms with Gasteiger partial charge in [-0.15, -0.1) is 0 Å². The van der Waals surface area contributed by atoms with E-state index in [-0.39, 0.29) is 24.0 Å². The first kappa shape index (κ1) is 11.2. The smallest absolute Gasteiger partial charge is 0.315 e. The van der Waals surface area contributed by atoms with E-state index in [1.54, 1.807) is 0 Å². The molecule has 2 aliphatic rings. The maximum absolute atomic E-state index is 11.6. The van der Waals surface area contributed by atoms with Crippen LogP contribution in [0.2, 0.25) is 0 Å². The number of ether oxygens (including phenoxy) is 1. The second-order valence-corrected chi connectivity index (χ2v) is 4.22. The number of hydrogen-bond donors (Lipinski definition) is 3. The number of nitrogens with one attached hydrogen (secondary N) is 3. The van der Waals surface area contributed by atoms with Gasteiger partial charge in [0.1, 0.15) is 0 Å². The first-order valence-electron chi connectivity index (χ1n) is 5.65. The van der Waals surface area contributed by atoms with Crippen molar-refractivity contribution in [1.82, 2.24) is 16.0 Å². The van der Waals surface area contributed by atoms with Crippen LogP contribution in [0.15, 0.2) is 0 Å². The van der Waals surface area contributed by atoms with Gasteiger partial charge >= 0.3 is 6.03 Å². The van der Waals surface area contributed by atoms with Crippen molar-refractivity contribution >= 4 is 11.9 Å².